The van der Waals surface area contributed by atoms with Crippen LogP contribution in [-0.2, 0) is 0 Å². The molecule has 1 aliphatic carbocycles. The highest BCUT2D eigenvalue weighted by atomic mass is 14.4. The molecule has 16 aromatic rings. The van der Waals surface area contributed by atoms with Gasteiger partial charge in [0.15, 0.2) is 0 Å². The van der Waals surface area contributed by atoms with Gasteiger partial charge in [-0.3, -0.25) is 0 Å². The van der Waals surface area contributed by atoms with Crippen LogP contribution in [0.1, 0.15) is 16.7 Å². The first-order valence-electron chi connectivity index (χ1n) is 25.2. The fourth-order valence-corrected chi connectivity index (χ4v) is 14.4. The van der Waals surface area contributed by atoms with Crippen molar-refractivity contribution >= 4 is 118 Å². The summed E-state index contributed by atoms with van der Waals surface area (Å²) in [5.74, 6) is 0. The molecule has 17 rings (SSSR count). The van der Waals surface area contributed by atoms with Crippen molar-refractivity contribution in [1.82, 2.24) is 0 Å². The molecule has 1 aliphatic rings. The van der Waals surface area contributed by atoms with E-state index >= 15 is 0 Å². The van der Waals surface area contributed by atoms with E-state index in [9.17, 15) is 0 Å². The second-order valence-corrected chi connectivity index (χ2v) is 20.6. The van der Waals surface area contributed by atoms with Crippen molar-refractivity contribution in [2.45, 2.75) is 20.8 Å². The molecule has 0 spiro atoms. The summed E-state index contributed by atoms with van der Waals surface area (Å²) in [6, 6.07) is 76.8. The maximum Gasteiger partial charge on any atom is -0.000697 e. The van der Waals surface area contributed by atoms with Crippen LogP contribution in [0.5, 0.6) is 0 Å². The number of fused-ring (bicyclic) bond motifs is 15. The Bertz CT molecular complexity index is 4920. The summed E-state index contributed by atoms with van der Waals surface area (Å²) in [6.45, 7) is 6.81. The topological polar surface area (TPSA) is 0 Å². The zero-order valence-corrected chi connectivity index (χ0v) is 39.6. The highest BCUT2D eigenvalue weighted by Gasteiger charge is 2.34. The van der Waals surface area contributed by atoms with E-state index in [4.69, 9.17) is 0 Å². The van der Waals surface area contributed by atoms with E-state index in [2.05, 4.69) is 221 Å². The standard InChI is InChI=1S/C71H42/c1-37-16-4-7-19-40(37)59-43-22-10-11-23-44(43)64-47-26-14-15-27-48(47)68-67-54-33-30-50-52-32-35-56-66-55(34-31-51(63(52)66)49-28-29-53(65(54)62(49)50)57(67)36-58(59)71(64)68)69-60(41-20-8-5-17-38(41)2)45-24-12-13-25-46(45)61(70(56)69)42-21-9-6-18-39(42)3/h4-36H,1-3H3. The Kier molecular flexibility index (Phi) is 7.11. The average Bonchev–Trinajstić information content (AvgIpc) is 4.06. The minimum Gasteiger partial charge on any atom is -0.0620 e. The quantitative estimate of drug-likeness (QED) is 0.122. The Morgan fingerprint density at radius 2 is 0.465 bits per heavy atom. The van der Waals surface area contributed by atoms with Crippen LogP contribution in [0.15, 0.2) is 200 Å². The average molecular weight is 895 g/mol. The first-order chi connectivity index (χ1) is 35.0. The van der Waals surface area contributed by atoms with E-state index in [1.807, 2.05) is 0 Å². The molecule has 0 heteroatoms. The molecule has 0 saturated carbocycles. The van der Waals surface area contributed by atoms with E-state index in [1.54, 1.807) is 0 Å². The first-order valence-corrected chi connectivity index (χ1v) is 25.2. The molecule has 0 unspecified atom stereocenters. The predicted molar refractivity (Wildman–Crippen MR) is 308 cm³/mol. The van der Waals surface area contributed by atoms with Crippen molar-refractivity contribution in [2.75, 3.05) is 0 Å². The Morgan fingerprint density at radius 3 is 0.972 bits per heavy atom. The van der Waals surface area contributed by atoms with Gasteiger partial charge in [-0.05, 0) is 218 Å². The molecule has 0 heterocycles. The maximum atomic E-state index is 2.58. The molecule has 71 heavy (non-hydrogen) atoms. The highest BCUT2D eigenvalue weighted by Crippen LogP contribution is 2.61. The number of hydrogen-bond acceptors (Lipinski definition) is 0. The minimum absolute atomic E-state index is 1.29. The Balaban J connectivity index is 1.03. The summed E-state index contributed by atoms with van der Waals surface area (Å²) in [5.41, 5.74) is 17.2. The van der Waals surface area contributed by atoms with Crippen LogP contribution < -0.4 is 0 Å². The Hall–Kier alpha value is -8.84. The molecule has 0 aromatic heterocycles. The normalized spacial score (nSPS) is 12.7. The monoisotopic (exact) mass is 894 g/mol. The molecule has 0 nitrogen and oxygen atoms in total. The van der Waals surface area contributed by atoms with Gasteiger partial charge in [0.1, 0.15) is 0 Å². The number of aryl methyl sites for hydroxylation is 3. The molecular weight excluding hydrogens is 853 g/mol. The SMILES string of the molecule is Cc1ccccc1-c1c2c(c(-c3ccccc3C)c3ccccc13)-c1ccc3c4ccc5c6c(ccc(c7ccc-2c1c73)c46)c1cc2c(-c3ccccc3C)c3ccccc3c3c4ccccc4c(c15)c23. The lowest BCUT2D eigenvalue weighted by Gasteiger charge is -2.22. The van der Waals surface area contributed by atoms with Gasteiger partial charge in [0.05, 0.1) is 0 Å². The molecular formula is C71H42. The smallest absolute Gasteiger partial charge is 0.000697 e. The van der Waals surface area contributed by atoms with Gasteiger partial charge < -0.3 is 0 Å². The molecule has 16 aromatic carbocycles. The molecule has 0 atom stereocenters. The lowest BCUT2D eigenvalue weighted by atomic mass is 9.81. The van der Waals surface area contributed by atoms with Gasteiger partial charge in [-0.2, -0.15) is 0 Å². The first kappa shape index (κ1) is 38.1. The third-order valence-corrected chi connectivity index (χ3v) is 17.2. The van der Waals surface area contributed by atoms with Crippen molar-refractivity contribution in [1.29, 1.82) is 0 Å². The second-order valence-electron chi connectivity index (χ2n) is 20.6. The van der Waals surface area contributed by atoms with E-state index < -0.39 is 0 Å². The van der Waals surface area contributed by atoms with E-state index in [0.717, 1.165) is 0 Å². The van der Waals surface area contributed by atoms with Crippen LogP contribution in [0, 0.1) is 20.8 Å². The Morgan fingerprint density at radius 1 is 0.169 bits per heavy atom. The second kappa shape index (κ2) is 13.3. The van der Waals surface area contributed by atoms with Gasteiger partial charge in [-0.1, -0.05) is 194 Å². The largest absolute Gasteiger partial charge is 0.0620 e. The van der Waals surface area contributed by atoms with Gasteiger partial charge in [0.2, 0.25) is 0 Å². The lowest BCUT2D eigenvalue weighted by molar-refractivity contribution is 1.46. The highest BCUT2D eigenvalue weighted by molar-refractivity contribution is 6.51. The summed E-state index contributed by atoms with van der Waals surface area (Å²) in [4.78, 5) is 0. The van der Waals surface area contributed by atoms with E-state index in [0.29, 0.717) is 0 Å². The van der Waals surface area contributed by atoms with Crippen molar-refractivity contribution in [3.05, 3.63) is 217 Å². The fraction of sp³-hybridized carbons (Fsp3) is 0.0423. The third-order valence-electron chi connectivity index (χ3n) is 17.2. The molecule has 0 saturated heterocycles. The molecule has 0 radical (unpaired) electrons. The predicted octanol–water partition coefficient (Wildman–Crippen LogP) is 20.3. The van der Waals surface area contributed by atoms with Gasteiger partial charge in [-0.15, -0.1) is 0 Å². The summed E-state index contributed by atoms with van der Waals surface area (Å²) in [5, 5.41) is 29.6. The van der Waals surface area contributed by atoms with Crippen LogP contribution in [0.3, 0.4) is 0 Å². The zero-order chi connectivity index (χ0) is 46.5. The number of rotatable bonds is 3. The van der Waals surface area contributed by atoms with Crippen LogP contribution in [0.25, 0.3) is 174 Å². The molecule has 326 valence electrons. The molecule has 0 amide bonds. The molecule has 0 bridgehead atoms. The van der Waals surface area contributed by atoms with Crippen molar-refractivity contribution < 1.29 is 0 Å². The van der Waals surface area contributed by atoms with Gasteiger partial charge in [-0.25, -0.2) is 0 Å². The van der Waals surface area contributed by atoms with Crippen LogP contribution in [0.2, 0.25) is 0 Å². The lowest BCUT2D eigenvalue weighted by Crippen LogP contribution is -1.95. The third kappa shape index (κ3) is 4.54. The molecule has 0 fully saturated rings. The van der Waals surface area contributed by atoms with Gasteiger partial charge in [0, 0.05) is 0 Å². The summed E-state index contributed by atoms with van der Waals surface area (Å²) in [7, 11) is 0. The summed E-state index contributed by atoms with van der Waals surface area (Å²) >= 11 is 0. The zero-order valence-electron chi connectivity index (χ0n) is 39.6. The maximum absolute atomic E-state index is 2.58. The van der Waals surface area contributed by atoms with Gasteiger partial charge in [0.25, 0.3) is 0 Å². The van der Waals surface area contributed by atoms with Crippen molar-refractivity contribution in [3.63, 3.8) is 0 Å². The number of hydrogen-bond donors (Lipinski definition) is 0. The summed E-state index contributed by atoms with van der Waals surface area (Å²) < 4.78 is 0. The van der Waals surface area contributed by atoms with Crippen LogP contribution >= 0.6 is 0 Å². The van der Waals surface area contributed by atoms with Crippen LogP contribution in [0.4, 0.5) is 0 Å². The Labute approximate surface area is 409 Å². The summed E-state index contributed by atoms with van der Waals surface area (Å²) in [6.07, 6.45) is 0. The minimum atomic E-state index is 1.29. The van der Waals surface area contributed by atoms with E-state index in [1.165, 1.54) is 191 Å². The van der Waals surface area contributed by atoms with Gasteiger partial charge >= 0.3 is 0 Å². The molecule has 0 aliphatic heterocycles. The van der Waals surface area contributed by atoms with Crippen molar-refractivity contribution in [2.24, 2.45) is 0 Å². The van der Waals surface area contributed by atoms with Crippen LogP contribution in [-0.4, -0.2) is 0 Å². The fourth-order valence-electron chi connectivity index (χ4n) is 14.4. The number of benzene rings is 14. The molecule has 0 N–H and O–H groups in total. The van der Waals surface area contributed by atoms with E-state index in [-0.39, 0.29) is 0 Å². The van der Waals surface area contributed by atoms with Crippen molar-refractivity contribution in [3.8, 4) is 55.6 Å².